The van der Waals surface area contributed by atoms with Gasteiger partial charge in [0.1, 0.15) is 18.2 Å². The molecule has 35 heavy (non-hydrogen) atoms. The fraction of sp³-hybridized carbons (Fsp3) is 0.286. The van der Waals surface area contributed by atoms with Gasteiger partial charge in [-0.1, -0.05) is 6.07 Å². The third-order valence-corrected chi connectivity index (χ3v) is 6.35. The van der Waals surface area contributed by atoms with Gasteiger partial charge < -0.3 is 14.2 Å². The summed E-state index contributed by atoms with van der Waals surface area (Å²) in [6, 6.07) is 12.1. The van der Waals surface area contributed by atoms with Gasteiger partial charge in [-0.05, 0) is 69.2 Å². The molecule has 0 N–H and O–H groups in total. The van der Waals surface area contributed by atoms with Crippen LogP contribution < -0.4 is 4.74 Å². The zero-order valence-corrected chi connectivity index (χ0v) is 20.6. The lowest BCUT2D eigenvalue weighted by Gasteiger charge is -2.21. The van der Waals surface area contributed by atoms with E-state index < -0.39 is 0 Å². The summed E-state index contributed by atoms with van der Waals surface area (Å²) in [6.45, 7) is 9.93. The second-order valence-corrected chi connectivity index (χ2v) is 9.11. The van der Waals surface area contributed by atoms with Gasteiger partial charge in [0.05, 0.1) is 24.3 Å². The first-order chi connectivity index (χ1) is 16.9. The molecule has 1 amide bonds. The van der Waals surface area contributed by atoms with Crippen molar-refractivity contribution in [3.63, 3.8) is 0 Å². The van der Waals surface area contributed by atoms with E-state index in [1.807, 2.05) is 69.1 Å². The number of carbonyl (C=O) groups excluding carboxylic acids is 1. The van der Waals surface area contributed by atoms with Crippen LogP contribution in [0.25, 0.3) is 11.1 Å². The van der Waals surface area contributed by atoms with Crippen molar-refractivity contribution in [1.82, 2.24) is 24.4 Å². The number of pyridine rings is 2. The van der Waals surface area contributed by atoms with Gasteiger partial charge in [-0.25, -0.2) is 4.98 Å². The number of fused-ring (bicyclic) bond motifs is 1. The Morgan fingerprint density at radius 1 is 0.943 bits per heavy atom. The molecule has 3 aromatic heterocycles. The average Bonchev–Trinajstić information content (AvgIpc) is 3.15. The molecule has 7 heteroatoms. The predicted molar refractivity (Wildman–Crippen MR) is 134 cm³/mol. The number of aryl methyl sites for hydroxylation is 4. The molecule has 0 aliphatic carbocycles. The van der Waals surface area contributed by atoms with Crippen LogP contribution in [0, 0.1) is 27.7 Å². The minimum atomic E-state index is -0.0505. The molecule has 4 aromatic rings. The Bertz CT molecular complexity index is 1390. The van der Waals surface area contributed by atoms with Gasteiger partial charge in [0.2, 0.25) is 0 Å². The third-order valence-electron chi connectivity index (χ3n) is 6.35. The van der Waals surface area contributed by atoms with Gasteiger partial charge in [-0.2, -0.15) is 0 Å². The van der Waals surface area contributed by atoms with Crippen molar-refractivity contribution in [2.24, 2.45) is 0 Å². The van der Waals surface area contributed by atoms with Crippen molar-refractivity contribution in [3.8, 4) is 16.9 Å². The molecule has 7 nitrogen and oxygen atoms in total. The molecule has 0 unspecified atom stereocenters. The molecule has 0 spiro atoms. The lowest BCUT2D eigenvalue weighted by molar-refractivity contribution is 0.0740. The lowest BCUT2D eigenvalue weighted by Crippen LogP contribution is -2.32. The molecular formula is C28H29N5O2. The van der Waals surface area contributed by atoms with Crippen molar-refractivity contribution >= 4 is 5.91 Å². The highest BCUT2D eigenvalue weighted by Crippen LogP contribution is 2.38. The van der Waals surface area contributed by atoms with Crippen LogP contribution in [0.15, 0.2) is 55.0 Å². The van der Waals surface area contributed by atoms with E-state index in [0.717, 1.165) is 45.2 Å². The quantitative estimate of drug-likeness (QED) is 0.427. The van der Waals surface area contributed by atoms with Gasteiger partial charge in [-0.15, -0.1) is 0 Å². The summed E-state index contributed by atoms with van der Waals surface area (Å²) in [5.41, 5.74) is 7.29. The molecule has 0 bridgehead atoms. The standard InChI is InChI=1S/C28H29N5O2/c1-18-12-19(2)31-23(13-18)17-33-10-11-35-27-25(24-6-5-7-29-20(24)3)14-22(15-26(27)28(33)34)16-32-9-8-30-21(32)4/h5-9,12-15H,10-11,16-17H2,1-4H3. The van der Waals surface area contributed by atoms with Crippen LogP contribution in [0.5, 0.6) is 5.75 Å². The largest absolute Gasteiger partial charge is 0.490 e. The highest BCUT2D eigenvalue weighted by molar-refractivity contribution is 6.00. The summed E-state index contributed by atoms with van der Waals surface area (Å²) in [6.07, 6.45) is 5.52. The SMILES string of the molecule is Cc1cc(C)nc(CN2CCOc3c(cc(Cn4ccnc4C)cc3-c3cccnc3C)C2=O)c1. The highest BCUT2D eigenvalue weighted by Gasteiger charge is 2.28. The van der Waals surface area contributed by atoms with Crippen molar-refractivity contribution in [3.05, 3.63) is 94.6 Å². The van der Waals surface area contributed by atoms with Crippen LogP contribution in [0.4, 0.5) is 0 Å². The van der Waals surface area contributed by atoms with Crippen molar-refractivity contribution in [2.45, 2.75) is 40.8 Å². The van der Waals surface area contributed by atoms with Crippen LogP contribution >= 0.6 is 0 Å². The molecule has 5 rings (SSSR count). The Kier molecular flexibility index (Phi) is 6.07. The summed E-state index contributed by atoms with van der Waals surface area (Å²) in [5, 5.41) is 0. The molecule has 4 heterocycles. The minimum Gasteiger partial charge on any atom is -0.490 e. The normalized spacial score (nSPS) is 13.4. The van der Waals surface area contributed by atoms with E-state index in [2.05, 4.69) is 25.6 Å². The molecule has 0 saturated carbocycles. The van der Waals surface area contributed by atoms with Crippen LogP contribution in [0.2, 0.25) is 0 Å². The number of imidazole rings is 1. The van der Waals surface area contributed by atoms with E-state index in [4.69, 9.17) is 4.74 Å². The molecule has 1 aliphatic heterocycles. The summed E-state index contributed by atoms with van der Waals surface area (Å²) >= 11 is 0. The second kappa shape index (κ2) is 9.33. The third kappa shape index (κ3) is 4.67. The smallest absolute Gasteiger partial charge is 0.258 e. The zero-order chi connectivity index (χ0) is 24.5. The number of amides is 1. The van der Waals surface area contributed by atoms with Crippen molar-refractivity contribution in [1.29, 1.82) is 0 Å². The summed E-state index contributed by atoms with van der Waals surface area (Å²) < 4.78 is 8.33. The maximum atomic E-state index is 13.9. The number of ether oxygens (including phenoxy) is 1. The van der Waals surface area contributed by atoms with E-state index in [9.17, 15) is 4.79 Å². The first-order valence-electron chi connectivity index (χ1n) is 11.8. The summed E-state index contributed by atoms with van der Waals surface area (Å²) in [4.78, 5) is 29.2. The van der Waals surface area contributed by atoms with Crippen molar-refractivity contribution in [2.75, 3.05) is 13.2 Å². The van der Waals surface area contributed by atoms with Gasteiger partial charge in [0, 0.05) is 47.7 Å². The molecule has 0 saturated heterocycles. The Balaban J connectivity index is 1.60. The monoisotopic (exact) mass is 467 g/mol. The van der Waals surface area contributed by atoms with Crippen LogP contribution in [0.1, 0.15) is 44.4 Å². The van der Waals surface area contributed by atoms with E-state index in [-0.39, 0.29) is 5.91 Å². The molecule has 0 radical (unpaired) electrons. The number of rotatable bonds is 5. The van der Waals surface area contributed by atoms with Gasteiger partial charge >= 0.3 is 0 Å². The number of nitrogens with zero attached hydrogens (tertiary/aromatic N) is 5. The molecule has 1 aliphatic rings. The molecule has 0 fully saturated rings. The Hall–Kier alpha value is -4.00. The number of hydrogen-bond acceptors (Lipinski definition) is 5. The van der Waals surface area contributed by atoms with Gasteiger partial charge in [0.25, 0.3) is 5.91 Å². The second-order valence-electron chi connectivity index (χ2n) is 9.11. The Labute approximate surface area is 205 Å². The maximum absolute atomic E-state index is 13.9. The number of carbonyl (C=O) groups is 1. The van der Waals surface area contributed by atoms with Gasteiger partial charge in [-0.3, -0.25) is 14.8 Å². The van der Waals surface area contributed by atoms with E-state index >= 15 is 0 Å². The summed E-state index contributed by atoms with van der Waals surface area (Å²) in [5.74, 6) is 1.49. The van der Waals surface area contributed by atoms with E-state index in [0.29, 0.717) is 37.6 Å². The number of benzene rings is 1. The van der Waals surface area contributed by atoms with Crippen LogP contribution in [-0.4, -0.2) is 43.5 Å². The van der Waals surface area contributed by atoms with Crippen LogP contribution in [0.3, 0.4) is 0 Å². The first kappa shape index (κ1) is 22.8. The van der Waals surface area contributed by atoms with E-state index in [1.54, 1.807) is 12.4 Å². The lowest BCUT2D eigenvalue weighted by atomic mass is 9.96. The predicted octanol–water partition coefficient (Wildman–Crippen LogP) is 4.66. The molecule has 1 aromatic carbocycles. The summed E-state index contributed by atoms with van der Waals surface area (Å²) in [7, 11) is 0. The fourth-order valence-electron chi connectivity index (χ4n) is 4.71. The molecular weight excluding hydrogens is 438 g/mol. The Morgan fingerprint density at radius 2 is 1.77 bits per heavy atom. The van der Waals surface area contributed by atoms with Crippen molar-refractivity contribution < 1.29 is 9.53 Å². The molecule has 178 valence electrons. The Morgan fingerprint density at radius 3 is 2.51 bits per heavy atom. The zero-order valence-electron chi connectivity index (χ0n) is 20.6. The first-order valence-corrected chi connectivity index (χ1v) is 11.8. The maximum Gasteiger partial charge on any atom is 0.258 e. The van der Waals surface area contributed by atoms with Gasteiger partial charge in [0.15, 0.2) is 0 Å². The average molecular weight is 468 g/mol. The fourth-order valence-corrected chi connectivity index (χ4v) is 4.71. The highest BCUT2D eigenvalue weighted by atomic mass is 16.5. The molecule has 0 atom stereocenters. The minimum absolute atomic E-state index is 0.0505. The van der Waals surface area contributed by atoms with Crippen LogP contribution in [-0.2, 0) is 13.1 Å². The number of aromatic nitrogens is 4. The number of hydrogen-bond donors (Lipinski definition) is 0. The van der Waals surface area contributed by atoms with E-state index in [1.165, 1.54) is 0 Å². The topological polar surface area (TPSA) is 73.1 Å².